The highest BCUT2D eigenvalue weighted by Crippen LogP contribution is 2.13. The fraction of sp³-hybridized carbons (Fsp3) is 0.222. The van der Waals surface area contributed by atoms with E-state index in [1.165, 1.54) is 7.11 Å². The van der Waals surface area contributed by atoms with Gasteiger partial charge in [-0.2, -0.15) is 0 Å². The van der Waals surface area contributed by atoms with E-state index in [1.807, 2.05) is 30.3 Å². The molecule has 1 N–H and O–H groups in total. The molecular weight excluding hydrogens is 310 g/mol. The highest BCUT2D eigenvalue weighted by atomic mass is 16.7. The third kappa shape index (κ3) is 5.10. The van der Waals surface area contributed by atoms with Gasteiger partial charge in [0.1, 0.15) is 12.3 Å². The van der Waals surface area contributed by atoms with Gasteiger partial charge in [0.05, 0.1) is 13.7 Å². The van der Waals surface area contributed by atoms with Crippen LogP contribution in [0.4, 0.5) is 0 Å². The van der Waals surface area contributed by atoms with Crippen molar-refractivity contribution in [2.75, 3.05) is 20.3 Å². The summed E-state index contributed by atoms with van der Waals surface area (Å²) < 4.78 is 5.04. The average molecular weight is 329 g/mol. The molecule has 0 atom stereocenters. The Morgan fingerprint density at radius 3 is 2.29 bits per heavy atom. The highest BCUT2D eigenvalue weighted by Gasteiger charge is 2.19. The zero-order chi connectivity index (χ0) is 17.4. The van der Waals surface area contributed by atoms with E-state index in [2.05, 4.69) is 0 Å². The van der Waals surface area contributed by atoms with Gasteiger partial charge in [-0.15, -0.1) is 0 Å². The van der Waals surface area contributed by atoms with Gasteiger partial charge in [0.15, 0.2) is 0 Å². The summed E-state index contributed by atoms with van der Waals surface area (Å²) in [4.78, 5) is 28.8. The molecule has 2 aromatic rings. The summed E-state index contributed by atoms with van der Waals surface area (Å²) in [6.45, 7) is -0.321. The van der Waals surface area contributed by atoms with E-state index >= 15 is 0 Å². The van der Waals surface area contributed by atoms with Crippen molar-refractivity contribution in [2.45, 2.75) is 6.42 Å². The molecule has 2 aromatic carbocycles. The first kappa shape index (κ1) is 17.5. The highest BCUT2D eigenvalue weighted by molar-refractivity contribution is 5.95. The predicted molar refractivity (Wildman–Crippen MR) is 87.8 cm³/mol. The Labute approximate surface area is 140 Å². The molecule has 0 aliphatic heterocycles. The lowest BCUT2D eigenvalue weighted by Crippen LogP contribution is -2.36. The zero-order valence-corrected chi connectivity index (χ0v) is 13.3. The van der Waals surface area contributed by atoms with Crippen LogP contribution in [0.25, 0.3) is 0 Å². The molecular formula is C18H19NO5. The summed E-state index contributed by atoms with van der Waals surface area (Å²) in [5.74, 6) is -1.04. The molecule has 0 bridgehead atoms. The quantitative estimate of drug-likeness (QED) is 0.753. The van der Waals surface area contributed by atoms with E-state index < -0.39 is 18.4 Å². The number of carbonyl (C=O) groups excluding carboxylic acids is 1. The third-order valence-electron chi connectivity index (χ3n) is 3.32. The molecule has 0 radical (unpaired) electrons. The van der Waals surface area contributed by atoms with E-state index in [4.69, 9.17) is 14.7 Å². The van der Waals surface area contributed by atoms with Crippen molar-refractivity contribution in [2.24, 2.45) is 0 Å². The number of carboxylic acid groups (broad SMARTS) is 1. The van der Waals surface area contributed by atoms with Crippen molar-refractivity contribution in [1.82, 2.24) is 5.06 Å². The van der Waals surface area contributed by atoms with E-state index in [9.17, 15) is 9.59 Å². The average Bonchev–Trinajstić information content (AvgIpc) is 2.61. The van der Waals surface area contributed by atoms with Gasteiger partial charge in [0, 0.05) is 5.56 Å². The molecule has 1 amide bonds. The zero-order valence-electron chi connectivity index (χ0n) is 13.3. The number of benzene rings is 2. The molecule has 6 nitrogen and oxygen atoms in total. The number of aliphatic carboxylic acids is 1. The van der Waals surface area contributed by atoms with Gasteiger partial charge in [0.25, 0.3) is 5.91 Å². The SMILES string of the molecule is COc1ccc(C(=O)N(CC(=O)O)OCCc2ccccc2)cc1. The van der Waals surface area contributed by atoms with Crippen molar-refractivity contribution in [3.63, 3.8) is 0 Å². The molecule has 0 aliphatic rings. The maximum Gasteiger partial charge on any atom is 0.325 e. The molecule has 0 heterocycles. The Balaban J connectivity index is 2.00. The normalized spacial score (nSPS) is 10.2. The minimum atomic E-state index is -1.14. The molecule has 6 heteroatoms. The van der Waals surface area contributed by atoms with Crippen LogP contribution in [0.3, 0.4) is 0 Å². The summed E-state index contributed by atoms with van der Waals surface area (Å²) in [6, 6.07) is 16.0. The van der Waals surface area contributed by atoms with E-state index in [0.717, 1.165) is 10.6 Å². The van der Waals surface area contributed by atoms with E-state index in [0.29, 0.717) is 17.7 Å². The summed E-state index contributed by atoms with van der Waals surface area (Å²) in [6.07, 6.45) is 0.576. The number of rotatable bonds is 8. The second kappa shape index (κ2) is 8.69. The molecule has 0 saturated carbocycles. The number of nitrogens with zero attached hydrogens (tertiary/aromatic N) is 1. The van der Waals surface area contributed by atoms with Gasteiger partial charge < -0.3 is 9.84 Å². The lowest BCUT2D eigenvalue weighted by Gasteiger charge is -2.20. The van der Waals surface area contributed by atoms with Gasteiger partial charge in [-0.05, 0) is 36.2 Å². The number of carboxylic acids is 1. The molecule has 0 spiro atoms. The van der Waals surface area contributed by atoms with Gasteiger partial charge in [-0.3, -0.25) is 14.4 Å². The third-order valence-corrected chi connectivity index (χ3v) is 3.32. The summed E-state index contributed by atoms with van der Waals surface area (Å²) in [5, 5.41) is 9.85. The molecule has 126 valence electrons. The summed E-state index contributed by atoms with van der Waals surface area (Å²) in [7, 11) is 1.53. The van der Waals surface area contributed by atoms with Gasteiger partial charge in [-0.25, -0.2) is 5.06 Å². The molecule has 0 saturated heterocycles. The number of ether oxygens (including phenoxy) is 1. The molecule has 0 unspecified atom stereocenters. The first-order valence-corrected chi connectivity index (χ1v) is 7.44. The van der Waals surface area contributed by atoms with Crippen molar-refractivity contribution in [1.29, 1.82) is 0 Å². The second-order valence-electron chi connectivity index (χ2n) is 5.03. The van der Waals surface area contributed by atoms with Gasteiger partial charge in [-0.1, -0.05) is 30.3 Å². The number of methoxy groups -OCH3 is 1. The van der Waals surface area contributed by atoms with Gasteiger partial charge in [0.2, 0.25) is 0 Å². The number of hydrogen-bond donors (Lipinski definition) is 1. The Kier molecular flexibility index (Phi) is 6.33. The number of amides is 1. The predicted octanol–water partition coefficient (Wildman–Crippen LogP) is 2.40. The van der Waals surface area contributed by atoms with Gasteiger partial charge >= 0.3 is 5.97 Å². The molecule has 0 fully saturated rings. The van der Waals surface area contributed by atoms with Crippen LogP contribution in [-0.4, -0.2) is 42.3 Å². The topological polar surface area (TPSA) is 76.1 Å². The van der Waals surface area contributed by atoms with Crippen molar-refractivity contribution >= 4 is 11.9 Å². The van der Waals surface area contributed by atoms with Crippen LogP contribution in [0.1, 0.15) is 15.9 Å². The molecule has 2 rings (SSSR count). The molecule has 24 heavy (non-hydrogen) atoms. The van der Waals surface area contributed by atoms with Crippen LogP contribution >= 0.6 is 0 Å². The lowest BCUT2D eigenvalue weighted by molar-refractivity contribution is -0.158. The monoisotopic (exact) mass is 329 g/mol. The van der Waals surface area contributed by atoms with Crippen LogP contribution in [-0.2, 0) is 16.1 Å². The fourth-order valence-corrected chi connectivity index (χ4v) is 2.09. The minimum absolute atomic E-state index is 0.208. The summed E-state index contributed by atoms with van der Waals surface area (Å²) in [5.41, 5.74) is 1.38. The van der Waals surface area contributed by atoms with Crippen molar-refractivity contribution in [3.05, 3.63) is 65.7 Å². The standard InChI is InChI=1S/C18H19NO5/c1-23-16-9-7-15(8-10-16)18(22)19(13-17(20)21)24-12-11-14-5-3-2-4-6-14/h2-10H,11-13H2,1H3,(H,20,21). The molecule has 0 aromatic heterocycles. The van der Waals surface area contributed by atoms with Crippen molar-refractivity contribution in [3.8, 4) is 5.75 Å². The fourth-order valence-electron chi connectivity index (χ4n) is 2.09. The summed E-state index contributed by atoms with van der Waals surface area (Å²) >= 11 is 0. The number of carbonyl (C=O) groups is 2. The van der Waals surface area contributed by atoms with Crippen LogP contribution in [0.15, 0.2) is 54.6 Å². The number of hydroxylamine groups is 2. The molecule has 0 aliphatic carbocycles. The lowest BCUT2D eigenvalue weighted by atomic mass is 10.2. The first-order chi connectivity index (χ1) is 11.6. The Morgan fingerprint density at radius 1 is 1.04 bits per heavy atom. The first-order valence-electron chi connectivity index (χ1n) is 7.44. The van der Waals surface area contributed by atoms with Crippen molar-refractivity contribution < 1.29 is 24.3 Å². The van der Waals surface area contributed by atoms with E-state index in [1.54, 1.807) is 24.3 Å². The maximum atomic E-state index is 12.4. The Hall–Kier alpha value is -2.86. The Morgan fingerprint density at radius 2 is 1.71 bits per heavy atom. The van der Waals surface area contributed by atoms with Crippen LogP contribution < -0.4 is 4.74 Å². The Bertz CT molecular complexity index is 670. The van der Waals surface area contributed by atoms with Crippen LogP contribution in [0, 0.1) is 0 Å². The smallest absolute Gasteiger partial charge is 0.325 e. The van der Waals surface area contributed by atoms with Crippen LogP contribution in [0.2, 0.25) is 0 Å². The minimum Gasteiger partial charge on any atom is -0.497 e. The van der Waals surface area contributed by atoms with Crippen LogP contribution in [0.5, 0.6) is 5.75 Å². The largest absolute Gasteiger partial charge is 0.497 e. The van der Waals surface area contributed by atoms with E-state index in [-0.39, 0.29) is 6.61 Å². The number of hydrogen-bond acceptors (Lipinski definition) is 4. The maximum absolute atomic E-state index is 12.4. The second-order valence-corrected chi connectivity index (χ2v) is 5.03.